The summed E-state index contributed by atoms with van der Waals surface area (Å²) in [6, 6.07) is 5.54. The second kappa shape index (κ2) is 12.1. The molecule has 3 aliphatic heterocycles. The van der Waals surface area contributed by atoms with E-state index in [0.717, 1.165) is 44.6 Å². The highest BCUT2D eigenvalue weighted by molar-refractivity contribution is 6.31. The van der Waals surface area contributed by atoms with Gasteiger partial charge < -0.3 is 29.1 Å². The Balaban J connectivity index is 1.45. The van der Waals surface area contributed by atoms with Gasteiger partial charge in [-0.1, -0.05) is 11.6 Å². The third-order valence-electron chi connectivity index (χ3n) is 7.86. The number of benzene rings is 1. The molecule has 4 rings (SSSR count). The van der Waals surface area contributed by atoms with Crippen LogP contribution in [0.2, 0.25) is 5.02 Å². The molecule has 0 aliphatic carbocycles. The zero-order valence-corrected chi connectivity index (χ0v) is 22.8. The average molecular weight is 521 g/mol. The molecule has 1 aromatic rings. The molecule has 2 amide bonds. The minimum atomic E-state index is -0.880. The molecule has 3 aliphatic rings. The maximum absolute atomic E-state index is 13.4. The number of halogens is 1. The minimum absolute atomic E-state index is 0.0589. The molecule has 0 unspecified atom stereocenters. The van der Waals surface area contributed by atoms with Crippen LogP contribution in [0.5, 0.6) is 5.75 Å². The number of amides is 2. The molecule has 9 heteroatoms. The Morgan fingerprint density at radius 2 is 1.69 bits per heavy atom. The second-order valence-electron chi connectivity index (χ2n) is 10.9. The Labute approximate surface area is 220 Å². The fraction of sp³-hybridized carbons (Fsp3) is 0.704. The molecule has 0 bridgehead atoms. The maximum atomic E-state index is 13.4. The number of rotatable bonds is 7. The summed E-state index contributed by atoms with van der Waals surface area (Å²) in [5, 5.41) is 0.682. The number of nitrogens with zero attached hydrogens (tertiary/aromatic N) is 4. The van der Waals surface area contributed by atoms with E-state index < -0.39 is 5.60 Å². The Bertz CT molecular complexity index is 915. The maximum Gasteiger partial charge on any atom is 0.225 e. The Kier molecular flexibility index (Phi) is 9.15. The van der Waals surface area contributed by atoms with Crippen LogP contribution in [0.15, 0.2) is 18.2 Å². The van der Waals surface area contributed by atoms with E-state index in [0.29, 0.717) is 55.9 Å². The molecule has 0 aromatic heterocycles. The fourth-order valence-electron chi connectivity index (χ4n) is 5.31. The van der Waals surface area contributed by atoms with Crippen molar-refractivity contribution < 1.29 is 19.1 Å². The number of piperazine rings is 1. The van der Waals surface area contributed by atoms with Gasteiger partial charge in [0.15, 0.2) is 0 Å². The summed E-state index contributed by atoms with van der Waals surface area (Å²) in [5.74, 6) is 1.32. The molecule has 1 aromatic carbocycles. The smallest absolute Gasteiger partial charge is 0.225 e. The molecule has 0 radical (unpaired) electrons. The third-order valence-corrected chi connectivity index (χ3v) is 8.29. The number of morpholine rings is 1. The first-order valence-electron chi connectivity index (χ1n) is 13.2. The predicted molar refractivity (Wildman–Crippen MR) is 140 cm³/mol. The molecule has 0 N–H and O–H groups in total. The molecular formula is C27H41ClN4O4. The van der Waals surface area contributed by atoms with E-state index in [1.807, 2.05) is 34.9 Å². The summed E-state index contributed by atoms with van der Waals surface area (Å²) >= 11 is 6.18. The number of hydrogen-bond donors (Lipinski definition) is 0. The van der Waals surface area contributed by atoms with E-state index in [1.165, 1.54) is 0 Å². The van der Waals surface area contributed by atoms with Crippen LogP contribution in [0.3, 0.4) is 0 Å². The number of hydrogen-bond acceptors (Lipinski definition) is 6. The Hall–Kier alpha value is -1.87. The van der Waals surface area contributed by atoms with E-state index in [1.54, 1.807) is 0 Å². The van der Waals surface area contributed by atoms with Crippen molar-refractivity contribution in [3.8, 4) is 5.75 Å². The van der Waals surface area contributed by atoms with Crippen LogP contribution in [0, 0.1) is 12.8 Å². The van der Waals surface area contributed by atoms with Gasteiger partial charge in [-0.25, -0.2) is 0 Å². The van der Waals surface area contributed by atoms with Gasteiger partial charge in [0.1, 0.15) is 18.0 Å². The topological polar surface area (TPSA) is 65.6 Å². The van der Waals surface area contributed by atoms with Crippen LogP contribution < -0.4 is 4.74 Å². The van der Waals surface area contributed by atoms with Gasteiger partial charge in [0.2, 0.25) is 11.8 Å². The van der Waals surface area contributed by atoms with E-state index in [9.17, 15) is 9.59 Å². The Morgan fingerprint density at radius 3 is 2.39 bits per heavy atom. The van der Waals surface area contributed by atoms with Crippen LogP contribution in [0.1, 0.15) is 31.2 Å². The van der Waals surface area contributed by atoms with Crippen molar-refractivity contribution in [2.24, 2.45) is 5.92 Å². The van der Waals surface area contributed by atoms with E-state index in [-0.39, 0.29) is 24.8 Å². The van der Waals surface area contributed by atoms with Crippen LogP contribution in [0.4, 0.5) is 0 Å². The molecule has 36 heavy (non-hydrogen) atoms. The molecule has 0 saturated carbocycles. The fourth-order valence-corrected chi connectivity index (χ4v) is 5.43. The summed E-state index contributed by atoms with van der Waals surface area (Å²) in [5.41, 5.74) is 0.0468. The molecule has 3 fully saturated rings. The third kappa shape index (κ3) is 7.12. The standard InChI is InChI=1S/C27H41ClN4O4/c1-21-16-23(4-5-24(21)28)35-20-27(18-26(34)31-12-10-30(3)11-13-31)19-32(14-15-36-27)25(33)17-22-6-8-29(2)9-7-22/h4-5,16,22H,6-15,17-20H2,1-3H3/t27-/m1/s1. The number of carbonyl (C=O) groups excluding carboxylic acids is 2. The van der Waals surface area contributed by atoms with Crippen molar-refractivity contribution in [3.05, 3.63) is 28.8 Å². The highest BCUT2D eigenvalue weighted by Gasteiger charge is 2.42. The average Bonchev–Trinajstić information content (AvgIpc) is 2.86. The zero-order chi connectivity index (χ0) is 25.7. The number of ether oxygens (including phenoxy) is 2. The molecule has 8 nitrogen and oxygen atoms in total. The molecule has 200 valence electrons. The van der Waals surface area contributed by atoms with Crippen molar-refractivity contribution in [1.29, 1.82) is 0 Å². The lowest BCUT2D eigenvalue weighted by Gasteiger charge is -2.44. The molecular weight excluding hydrogens is 480 g/mol. The van der Waals surface area contributed by atoms with Crippen LogP contribution in [-0.2, 0) is 14.3 Å². The van der Waals surface area contributed by atoms with Crippen LogP contribution in [0.25, 0.3) is 0 Å². The SMILES string of the molecule is Cc1cc(OC[C@@]2(CC(=O)N3CCN(C)CC3)CN(C(=O)CC3CCN(C)CC3)CCO2)ccc1Cl. The van der Waals surface area contributed by atoms with Gasteiger partial charge in [-0.05, 0) is 76.6 Å². The first-order valence-corrected chi connectivity index (χ1v) is 13.6. The van der Waals surface area contributed by atoms with Gasteiger partial charge >= 0.3 is 0 Å². The number of carbonyl (C=O) groups is 2. The van der Waals surface area contributed by atoms with E-state index >= 15 is 0 Å². The monoisotopic (exact) mass is 520 g/mol. The number of likely N-dealkylation sites (tertiary alicyclic amines) is 1. The highest BCUT2D eigenvalue weighted by atomic mass is 35.5. The first-order chi connectivity index (χ1) is 17.2. The van der Waals surface area contributed by atoms with Gasteiger partial charge in [-0.15, -0.1) is 0 Å². The molecule has 3 saturated heterocycles. The van der Waals surface area contributed by atoms with Gasteiger partial charge in [0, 0.05) is 44.2 Å². The quantitative estimate of drug-likeness (QED) is 0.550. The van der Waals surface area contributed by atoms with Gasteiger partial charge in [0.05, 0.1) is 19.6 Å². The summed E-state index contributed by atoms with van der Waals surface area (Å²) < 4.78 is 12.5. The second-order valence-corrected chi connectivity index (χ2v) is 11.3. The van der Waals surface area contributed by atoms with Crippen molar-refractivity contribution in [2.45, 2.75) is 38.2 Å². The van der Waals surface area contributed by atoms with E-state index in [4.69, 9.17) is 21.1 Å². The van der Waals surface area contributed by atoms with Gasteiger partial charge in [-0.3, -0.25) is 9.59 Å². The predicted octanol–water partition coefficient (Wildman–Crippen LogP) is 2.52. The Morgan fingerprint density at radius 1 is 1.00 bits per heavy atom. The summed E-state index contributed by atoms with van der Waals surface area (Å²) in [6.07, 6.45) is 2.87. The van der Waals surface area contributed by atoms with Crippen LogP contribution >= 0.6 is 11.6 Å². The van der Waals surface area contributed by atoms with Crippen molar-refractivity contribution in [2.75, 3.05) is 79.7 Å². The number of likely N-dealkylation sites (N-methyl/N-ethyl adjacent to an activating group) is 1. The summed E-state index contributed by atoms with van der Waals surface area (Å²) in [6.45, 7) is 8.68. The first kappa shape index (κ1) is 27.2. The normalized spacial score (nSPS) is 24.7. The number of aryl methyl sites for hydroxylation is 1. The van der Waals surface area contributed by atoms with Gasteiger partial charge in [-0.2, -0.15) is 0 Å². The summed E-state index contributed by atoms with van der Waals surface area (Å²) in [4.78, 5) is 35.0. The highest BCUT2D eigenvalue weighted by Crippen LogP contribution is 2.29. The van der Waals surface area contributed by atoms with E-state index in [2.05, 4.69) is 23.9 Å². The number of piperidine rings is 1. The molecule has 3 heterocycles. The lowest BCUT2D eigenvalue weighted by atomic mass is 9.92. The minimum Gasteiger partial charge on any atom is -0.490 e. The molecule has 1 atom stereocenters. The zero-order valence-electron chi connectivity index (χ0n) is 22.0. The van der Waals surface area contributed by atoms with Crippen molar-refractivity contribution >= 4 is 23.4 Å². The van der Waals surface area contributed by atoms with Crippen LogP contribution in [-0.4, -0.2) is 117 Å². The van der Waals surface area contributed by atoms with Crippen molar-refractivity contribution in [3.63, 3.8) is 0 Å². The largest absolute Gasteiger partial charge is 0.490 e. The summed E-state index contributed by atoms with van der Waals surface area (Å²) in [7, 11) is 4.21. The lowest BCUT2D eigenvalue weighted by molar-refractivity contribution is -0.167. The lowest BCUT2D eigenvalue weighted by Crippen LogP contribution is -2.59. The molecule has 0 spiro atoms. The van der Waals surface area contributed by atoms with Crippen molar-refractivity contribution in [1.82, 2.24) is 19.6 Å². The van der Waals surface area contributed by atoms with Gasteiger partial charge in [0.25, 0.3) is 0 Å².